The van der Waals surface area contributed by atoms with Crippen molar-refractivity contribution in [1.29, 1.82) is 0 Å². The summed E-state index contributed by atoms with van der Waals surface area (Å²) in [5.41, 5.74) is 0.556. The molecule has 0 atom stereocenters. The second-order valence-corrected chi connectivity index (χ2v) is 5.76. The summed E-state index contributed by atoms with van der Waals surface area (Å²) in [6.07, 6.45) is 6.86. The molecule has 1 N–H and O–H groups in total. The van der Waals surface area contributed by atoms with Crippen molar-refractivity contribution in [2.75, 3.05) is 26.8 Å². The Bertz CT molecular complexity index is 382. The van der Waals surface area contributed by atoms with Crippen LogP contribution in [0.5, 0.6) is 11.5 Å². The van der Waals surface area contributed by atoms with E-state index in [1.54, 1.807) is 7.11 Å². The molecule has 2 rings (SSSR count). The molecule has 1 aliphatic rings. The molecule has 0 saturated heterocycles. The topological polar surface area (TPSA) is 30.5 Å². The van der Waals surface area contributed by atoms with Crippen molar-refractivity contribution in [1.82, 2.24) is 5.32 Å². The fourth-order valence-corrected chi connectivity index (χ4v) is 3.05. The quantitative estimate of drug-likeness (QED) is 0.736. The van der Waals surface area contributed by atoms with Gasteiger partial charge in [-0.3, -0.25) is 0 Å². The summed E-state index contributed by atoms with van der Waals surface area (Å²) in [6.45, 7) is 5.08. The molecule has 3 heteroatoms. The number of ether oxygens (including phenoxy) is 2. The SMILES string of the molecule is CCC1(CNCCOc2ccc(OC)cc2)CCCC1. The Hall–Kier alpha value is -1.22. The molecule has 0 bridgehead atoms. The zero-order valence-corrected chi connectivity index (χ0v) is 12.8. The van der Waals surface area contributed by atoms with Crippen LogP contribution in [0, 0.1) is 5.41 Å². The second-order valence-electron chi connectivity index (χ2n) is 5.76. The van der Waals surface area contributed by atoms with E-state index >= 15 is 0 Å². The van der Waals surface area contributed by atoms with Gasteiger partial charge in [0.15, 0.2) is 0 Å². The third-order valence-electron chi connectivity index (χ3n) is 4.52. The van der Waals surface area contributed by atoms with Crippen LogP contribution in [0.15, 0.2) is 24.3 Å². The summed E-state index contributed by atoms with van der Waals surface area (Å²) < 4.78 is 10.8. The van der Waals surface area contributed by atoms with Gasteiger partial charge in [-0.25, -0.2) is 0 Å². The van der Waals surface area contributed by atoms with Gasteiger partial charge in [-0.1, -0.05) is 19.8 Å². The number of nitrogens with one attached hydrogen (secondary N) is 1. The highest BCUT2D eigenvalue weighted by Gasteiger charge is 2.31. The Morgan fingerprint density at radius 2 is 1.75 bits per heavy atom. The summed E-state index contributed by atoms with van der Waals surface area (Å²) in [4.78, 5) is 0. The van der Waals surface area contributed by atoms with Gasteiger partial charge in [0.05, 0.1) is 7.11 Å². The lowest BCUT2D eigenvalue weighted by Gasteiger charge is -2.27. The van der Waals surface area contributed by atoms with E-state index < -0.39 is 0 Å². The largest absolute Gasteiger partial charge is 0.497 e. The first-order chi connectivity index (χ1) is 9.78. The molecule has 1 saturated carbocycles. The first kappa shape index (κ1) is 15.2. The highest BCUT2D eigenvalue weighted by atomic mass is 16.5. The maximum atomic E-state index is 5.72. The molecule has 1 aliphatic carbocycles. The monoisotopic (exact) mass is 277 g/mol. The number of benzene rings is 1. The summed E-state index contributed by atoms with van der Waals surface area (Å²) in [6, 6.07) is 7.74. The van der Waals surface area contributed by atoms with E-state index in [-0.39, 0.29) is 0 Å². The van der Waals surface area contributed by atoms with Gasteiger partial charge < -0.3 is 14.8 Å². The predicted molar refractivity (Wildman–Crippen MR) is 82.6 cm³/mol. The minimum atomic E-state index is 0.556. The Labute approximate surface area is 122 Å². The molecule has 1 aromatic rings. The van der Waals surface area contributed by atoms with E-state index in [0.717, 1.165) is 24.6 Å². The third kappa shape index (κ3) is 4.14. The smallest absolute Gasteiger partial charge is 0.119 e. The Morgan fingerprint density at radius 1 is 1.10 bits per heavy atom. The van der Waals surface area contributed by atoms with Gasteiger partial charge in [0.25, 0.3) is 0 Å². The normalized spacial score (nSPS) is 17.1. The maximum absolute atomic E-state index is 5.72. The number of rotatable bonds is 8. The molecule has 20 heavy (non-hydrogen) atoms. The van der Waals surface area contributed by atoms with Crippen LogP contribution < -0.4 is 14.8 Å². The minimum Gasteiger partial charge on any atom is -0.497 e. The van der Waals surface area contributed by atoms with Crippen LogP contribution in [0.1, 0.15) is 39.0 Å². The molecule has 112 valence electrons. The molecule has 3 nitrogen and oxygen atoms in total. The average molecular weight is 277 g/mol. The summed E-state index contributed by atoms with van der Waals surface area (Å²) >= 11 is 0. The van der Waals surface area contributed by atoms with E-state index in [1.807, 2.05) is 24.3 Å². The molecular formula is C17H27NO2. The number of hydrogen-bond donors (Lipinski definition) is 1. The minimum absolute atomic E-state index is 0.556. The summed E-state index contributed by atoms with van der Waals surface area (Å²) in [5.74, 6) is 1.76. The van der Waals surface area contributed by atoms with Crippen LogP contribution in [-0.2, 0) is 0 Å². The average Bonchev–Trinajstić information content (AvgIpc) is 2.97. The fraction of sp³-hybridized carbons (Fsp3) is 0.647. The highest BCUT2D eigenvalue weighted by molar-refractivity contribution is 5.31. The van der Waals surface area contributed by atoms with Gasteiger partial charge in [-0.2, -0.15) is 0 Å². The van der Waals surface area contributed by atoms with Gasteiger partial charge in [-0.05, 0) is 48.9 Å². The van der Waals surface area contributed by atoms with Crippen LogP contribution in [-0.4, -0.2) is 26.8 Å². The number of methoxy groups -OCH3 is 1. The molecule has 0 aliphatic heterocycles. The molecular weight excluding hydrogens is 250 g/mol. The summed E-state index contributed by atoms with van der Waals surface area (Å²) in [5, 5.41) is 3.56. The van der Waals surface area contributed by atoms with Crippen LogP contribution in [0.4, 0.5) is 0 Å². The highest BCUT2D eigenvalue weighted by Crippen LogP contribution is 2.40. The third-order valence-corrected chi connectivity index (χ3v) is 4.52. The van der Waals surface area contributed by atoms with Gasteiger partial charge >= 0.3 is 0 Å². The van der Waals surface area contributed by atoms with Crippen LogP contribution in [0.2, 0.25) is 0 Å². The van der Waals surface area contributed by atoms with E-state index in [0.29, 0.717) is 12.0 Å². The van der Waals surface area contributed by atoms with Crippen molar-refractivity contribution in [3.63, 3.8) is 0 Å². The van der Waals surface area contributed by atoms with E-state index in [4.69, 9.17) is 9.47 Å². The van der Waals surface area contributed by atoms with E-state index in [1.165, 1.54) is 32.1 Å². The molecule has 0 radical (unpaired) electrons. The molecule has 0 amide bonds. The number of hydrogen-bond acceptors (Lipinski definition) is 3. The first-order valence-electron chi connectivity index (χ1n) is 7.75. The van der Waals surface area contributed by atoms with Crippen molar-refractivity contribution in [2.45, 2.75) is 39.0 Å². The zero-order valence-electron chi connectivity index (χ0n) is 12.8. The van der Waals surface area contributed by atoms with Gasteiger partial charge in [0.2, 0.25) is 0 Å². The van der Waals surface area contributed by atoms with E-state index in [2.05, 4.69) is 12.2 Å². The van der Waals surface area contributed by atoms with Gasteiger partial charge in [0, 0.05) is 13.1 Å². The van der Waals surface area contributed by atoms with Crippen molar-refractivity contribution in [3.05, 3.63) is 24.3 Å². The zero-order chi connectivity index (χ0) is 14.3. The Morgan fingerprint density at radius 3 is 2.35 bits per heavy atom. The lowest BCUT2D eigenvalue weighted by atomic mass is 9.83. The molecule has 0 aromatic heterocycles. The standard InChI is InChI=1S/C17H27NO2/c1-3-17(10-4-5-11-17)14-18-12-13-20-16-8-6-15(19-2)7-9-16/h6-9,18H,3-5,10-14H2,1-2H3. The Balaban J connectivity index is 1.63. The molecule has 0 spiro atoms. The molecule has 1 aromatic carbocycles. The van der Waals surface area contributed by atoms with Crippen LogP contribution in [0.3, 0.4) is 0 Å². The van der Waals surface area contributed by atoms with Crippen LogP contribution >= 0.6 is 0 Å². The lowest BCUT2D eigenvalue weighted by Crippen LogP contribution is -2.33. The maximum Gasteiger partial charge on any atom is 0.119 e. The molecule has 0 heterocycles. The van der Waals surface area contributed by atoms with Crippen LogP contribution in [0.25, 0.3) is 0 Å². The fourth-order valence-electron chi connectivity index (χ4n) is 3.05. The lowest BCUT2D eigenvalue weighted by molar-refractivity contribution is 0.251. The van der Waals surface area contributed by atoms with Crippen molar-refractivity contribution in [3.8, 4) is 11.5 Å². The second kappa shape index (κ2) is 7.53. The predicted octanol–water partition coefficient (Wildman–Crippen LogP) is 3.63. The van der Waals surface area contributed by atoms with E-state index in [9.17, 15) is 0 Å². The van der Waals surface area contributed by atoms with Gasteiger partial charge in [-0.15, -0.1) is 0 Å². The molecule has 0 unspecified atom stereocenters. The first-order valence-corrected chi connectivity index (χ1v) is 7.75. The van der Waals surface area contributed by atoms with Crippen molar-refractivity contribution in [2.24, 2.45) is 5.41 Å². The van der Waals surface area contributed by atoms with Crippen molar-refractivity contribution >= 4 is 0 Å². The van der Waals surface area contributed by atoms with Crippen molar-refractivity contribution < 1.29 is 9.47 Å². The Kier molecular flexibility index (Phi) is 5.72. The molecule has 1 fully saturated rings. The van der Waals surface area contributed by atoms with Gasteiger partial charge in [0.1, 0.15) is 18.1 Å². The summed E-state index contributed by atoms with van der Waals surface area (Å²) in [7, 11) is 1.67.